The number of piperidine rings is 1. The number of hydrogen-bond donors (Lipinski definition) is 2. The molecule has 0 bridgehead atoms. The summed E-state index contributed by atoms with van der Waals surface area (Å²) < 4.78 is 0. The van der Waals surface area contributed by atoms with Crippen LogP contribution >= 0.6 is 0 Å². The molecular weight excluding hydrogens is 266 g/mol. The highest BCUT2D eigenvalue weighted by atomic mass is 16.2. The Hall–Kier alpha value is -1.10. The molecule has 0 aromatic carbocycles. The van der Waals surface area contributed by atoms with E-state index >= 15 is 0 Å². The van der Waals surface area contributed by atoms with Gasteiger partial charge in [-0.2, -0.15) is 0 Å². The molecule has 2 fully saturated rings. The summed E-state index contributed by atoms with van der Waals surface area (Å²) in [6.07, 6.45) is 1.73. The van der Waals surface area contributed by atoms with Gasteiger partial charge in [-0.05, 0) is 25.3 Å². The van der Waals surface area contributed by atoms with Gasteiger partial charge in [-0.1, -0.05) is 27.7 Å². The Bertz CT molecular complexity index is 395. The highest BCUT2D eigenvalue weighted by Crippen LogP contribution is 2.22. The zero-order valence-corrected chi connectivity index (χ0v) is 13.7. The molecule has 0 saturated carbocycles. The molecule has 2 N–H and O–H groups in total. The van der Waals surface area contributed by atoms with Gasteiger partial charge in [0.2, 0.25) is 11.8 Å². The number of carbonyl (C=O) groups excluding carboxylic acids is 2. The molecule has 0 aliphatic carbocycles. The van der Waals surface area contributed by atoms with Crippen molar-refractivity contribution in [3.05, 3.63) is 0 Å². The van der Waals surface area contributed by atoms with Gasteiger partial charge >= 0.3 is 0 Å². The maximum atomic E-state index is 12.3. The Kier molecular flexibility index (Phi) is 4.91. The fourth-order valence-corrected chi connectivity index (χ4v) is 3.17. The first kappa shape index (κ1) is 16.3. The first-order chi connectivity index (χ1) is 9.79. The van der Waals surface area contributed by atoms with Crippen LogP contribution in [0, 0.1) is 17.3 Å². The summed E-state index contributed by atoms with van der Waals surface area (Å²) in [6, 6.07) is 0.217. The van der Waals surface area contributed by atoms with Crippen molar-refractivity contribution < 1.29 is 9.59 Å². The van der Waals surface area contributed by atoms with Crippen molar-refractivity contribution in [3.8, 4) is 0 Å². The second-order valence-corrected chi connectivity index (χ2v) is 7.57. The molecule has 2 saturated heterocycles. The molecule has 0 unspecified atom stereocenters. The van der Waals surface area contributed by atoms with Crippen molar-refractivity contribution in [2.24, 2.45) is 17.3 Å². The minimum absolute atomic E-state index is 0.0965. The number of carbonyl (C=O) groups is 2. The summed E-state index contributed by atoms with van der Waals surface area (Å²) in [5.74, 6) is 0.890. The molecule has 2 amide bonds. The molecule has 5 heteroatoms. The van der Waals surface area contributed by atoms with Gasteiger partial charge < -0.3 is 15.5 Å². The topological polar surface area (TPSA) is 61.4 Å². The predicted octanol–water partition coefficient (Wildman–Crippen LogP) is 0.995. The Morgan fingerprint density at radius 1 is 1.14 bits per heavy atom. The van der Waals surface area contributed by atoms with Crippen molar-refractivity contribution in [1.29, 1.82) is 0 Å². The molecule has 0 spiro atoms. The van der Waals surface area contributed by atoms with E-state index in [2.05, 4.69) is 17.6 Å². The second-order valence-electron chi connectivity index (χ2n) is 7.57. The van der Waals surface area contributed by atoms with E-state index in [-0.39, 0.29) is 29.2 Å². The Morgan fingerprint density at radius 2 is 1.76 bits per heavy atom. The number of rotatable bonds is 2. The average Bonchev–Trinajstić information content (AvgIpc) is 2.84. The van der Waals surface area contributed by atoms with Crippen LogP contribution in [0.1, 0.15) is 40.5 Å². The highest BCUT2D eigenvalue weighted by molar-refractivity contribution is 5.82. The predicted molar refractivity (Wildman–Crippen MR) is 82.7 cm³/mol. The standard InChI is InChI=1S/C16H29N3O2/c1-11-9-17-10-13(11)14(20)18-12-5-7-19(8-6-12)15(21)16(2,3)4/h11-13,17H,5-10H2,1-4H3,(H,18,20)/t11-,13-/m1/s1. The van der Waals surface area contributed by atoms with Gasteiger partial charge in [0.25, 0.3) is 0 Å². The molecule has 120 valence electrons. The molecule has 0 aromatic rings. The lowest BCUT2D eigenvalue weighted by Crippen LogP contribution is -2.50. The van der Waals surface area contributed by atoms with E-state index in [0.717, 1.165) is 39.0 Å². The van der Waals surface area contributed by atoms with Gasteiger partial charge in [0.1, 0.15) is 0 Å². The van der Waals surface area contributed by atoms with E-state index in [1.54, 1.807) is 0 Å². The van der Waals surface area contributed by atoms with Gasteiger partial charge in [-0.3, -0.25) is 9.59 Å². The molecule has 5 nitrogen and oxygen atoms in total. The number of hydrogen-bond acceptors (Lipinski definition) is 3. The maximum Gasteiger partial charge on any atom is 0.227 e. The zero-order chi connectivity index (χ0) is 15.6. The maximum absolute atomic E-state index is 12.3. The SMILES string of the molecule is C[C@@H]1CNC[C@H]1C(=O)NC1CCN(C(=O)C(C)(C)C)CC1. The van der Waals surface area contributed by atoms with Crippen LogP contribution in [0.3, 0.4) is 0 Å². The summed E-state index contributed by atoms with van der Waals surface area (Å²) in [4.78, 5) is 26.4. The minimum atomic E-state index is -0.318. The molecule has 0 aromatic heterocycles. The molecular formula is C16H29N3O2. The summed E-state index contributed by atoms with van der Waals surface area (Å²) in [5, 5.41) is 6.44. The first-order valence-corrected chi connectivity index (χ1v) is 8.09. The third-order valence-electron chi connectivity index (χ3n) is 4.62. The third kappa shape index (κ3) is 3.96. The van der Waals surface area contributed by atoms with E-state index in [0.29, 0.717) is 5.92 Å². The van der Waals surface area contributed by atoms with Crippen molar-refractivity contribution in [1.82, 2.24) is 15.5 Å². The fourth-order valence-electron chi connectivity index (χ4n) is 3.17. The number of nitrogens with zero attached hydrogens (tertiary/aromatic N) is 1. The second kappa shape index (κ2) is 6.34. The summed E-state index contributed by atoms with van der Waals surface area (Å²) in [7, 11) is 0. The lowest BCUT2D eigenvalue weighted by Gasteiger charge is -2.36. The molecule has 2 aliphatic heterocycles. The van der Waals surface area contributed by atoms with Crippen LogP contribution in [0.4, 0.5) is 0 Å². The Labute approximate surface area is 127 Å². The zero-order valence-electron chi connectivity index (χ0n) is 13.7. The van der Waals surface area contributed by atoms with Crippen LogP contribution in [-0.4, -0.2) is 48.9 Å². The molecule has 2 atom stereocenters. The van der Waals surface area contributed by atoms with Crippen LogP contribution in [0.15, 0.2) is 0 Å². The fraction of sp³-hybridized carbons (Fsp3) is 0.875. The lowest BCUT2D eigenvalue weighted by molar-refractivity contribution is -0.140. The molecule has 2 rings (SSSR count). The normalized spacial score (nSPS) is 27.7. The van der Waals surface area contributed by atoms with E-state index in [9.17, 15) is 9.59 Å². The van der Waals surface area contributed by atoms with Gasteiger partial charge in [0.15, 0.2) is 0 Å². The van der Waals surface area contributed by atoms with Crippen LogP contribution in [-0.2, 0) is 9.59 Å². The molecule has 2 aliphatic rings. The molecule has 0 radical (unpaired) electrons. The van der Waals surface area contributed by atoms with Crippen LogP contribution in [0.2, 0.25) is 0 Å². The Balaban J connectivity index is 1.79. The van der Waals surface area contributed by atoms with Crippen molar-refractivity contribution in [2.75, 3.05) is 26.2 Å². The smallest absolute Gasteiger partial charge is 0.227 e. The number of nitrogens with one attached hydrogen (secondary N) is 2. The van der Waals surface area contributed by atoms with Gasteiger partial charge in [-0.25, -0.2) is 0 Å². The number of likely N-dealkylation sites (tertiary alicyclic amines) is 1. The van der Waals surface area contributed by atoms with Crippen molar-refractivity contribution in [3.63, 3.8) is 0 Å². The minimum Gasteiger partial charge on any atom is -0.353 e. The first-order valence-electron chi connectivity index (χ1n) is 8.09. The van der Waals surface area contributed by atoms with Crippen LogP contribution in [0.25, 0.3) is 0 Å². The summed E-state index contributed by atoms with van der Waals surface area (Å²) >= 11 is 0. The van der Waals surface area contributed by atoms with Gasteiger partial charge in [0, 0.05) is 31.1 Å². The molecule has 21 heavy (non-hydrogen) atoms. The average molecular weight is 295 g/mol. The van der Waals surface area contributed by atoms with E-state index in [1.165, 1.54) is 0 Å². The van der Waals surface area contributed by atoms with Crippen molar-refractivity contribution >= 4 is 11.8 Å². The molecule has 2 heterocycles. The Morgan fingerprint density at radius 3 is 2.24 bits per heavy atom. The van der Waals surface area contributed by atoms with E-state index in [1.807, 2.05) is 25.7 Å². The monoisotopic (exact) mass is 295 g/mol. The largest absolute Gasteiger partial charge is 0.353 e. The lowest BCUT2D eigenvalue weighted by atomic mass is 9.92. The van der Waals surface area contributed by atoms with Gasteiger partial charge in [0.05, 0.1) is 5.92 Å². The van der Waals surface area contributed by atoms with E-state index in [4.69, 9.17) is 0 Å². The van der Waals surface area contributed by atoms with Gasteiger partial charge in [-0.15, -0.1) is 0 Å². The third-order valence-corrected chi connectivity index (χ3v) is 4.62. The summed E-state index contributed by atoms with van der Waals surface area (Å²) in [6.45, 7) is 11.2. The van der Waals surface area contributed by atoms with Crippen molar-refractivity contribution in [2.45, 2.75) is 46.6 Å². The number of amides is 2. The van der Waals surface area contributed by atoms with Crippen LogP contribution in [0.5, 0.6) is 0 Å². The summed E-state index contributed by atoms with van der Waals surface area (Å²) in [5.41, 5.74) is -0.318. The highest BCUT2D eigenvalue weighted by Gasteiger charge is 2.33. The van der Waals surface area contributed by atoms with Crippen LogP contribution < -0.4 is 10.6 Å². The van der Waals surface area contributed by atoms with E-state index < -0.39 is 0 Å². The quantitative estimate of drug-likeness (QED) is 0.799.